The second-order valence-corrected chi connectivity index (χ2v) is 7.77. The van der Waals surface area contributed by atoms with Crippen LogP contribution in [0.15, 0.2) is 29.3 Å². The van der Waals surface area contributed by atoms with Crippen LogP contribution in [0.2, 0.25) is 0 Å². The number of benzene rings is 1. The molecule has 1 amide bonds. The van der Waals surface area contributed by atoms with Crippen LogP contribution in [0.4, 0.5) is 0 Å². The van der Waals surface area contributed by atoms with Crippen molar-refractivity contribution >= 4 is 11.9 Å². The predicted octanol–water partition coefficient (Wildman–Crippen LogP) is 2.79. The van der Waals surface area contributed by atoms with Crippen LogP contribution in [0.1, 0.15) is 54.4 Å². The van der Waals surface area contributed by atoms with Crippen LogP contribution in [0, 0.1) is 5.92 Å². The van der Waals surface area contributed by atoms with Gasteiger partial charge in [-0.25, -0.2) is 0 Å². The van der Waals surface area contributed by atoms with Crippen molar-refractivity contribution in [3.05, 3.63) is 35.4 Å². The van der Waals surface area contributed by atoms with Crippen molar-refractivity contribution in [2.45, 2.75) is 45.1 Å². The number of guanidine groups is 1. The highest BCUT2D eigenvalue weighted by molar-refractivity contribution is 5.94. The maximum atomic E-state index is 12.5. The normalized spacial score (nSPS) is 17.5. The van der Waals surface area contributed by atoms with E-state index in [-0.39, 0.29) is 5.91 Å². The highest BCUT2D eigenvalue weighted by atomic mass is 16.5. The first kappa shape index (κ1) is 20.6. The minimum absolute atomic E-state index is 0.153. The molecule has 1 aromatic carbocycles. The zero-order valence-corrected chi connectivity index (χ0v) is 17.1. The summed E-state index contributed by atoms with van der Waals surface area (Å²) in [5.41, 5.74) is 1.91. The van der Waals surface area contributed by atoms with E-state index in [0.717, 1.165) is 75.1 Å². The summed E-state index contributed by atoms with van der Waals surface area (Å²) in [6.45, 7) is 5.01. The van der Waals surface area contributed by atoms with Crippen LogP contribution in [0.5, 0.6) is 0 Å². The van der Waals surface area contributed by atoms with Gasteiger partial charge in [0.05, 0.1) is 0 Å². The van der Waals surface area contributed by atoms with Crippen molar-refractivity contribution in [2.24, 2.45) is 10.9 Å². The van der Waals surface area contributed by atoms with Gasteiger partial charge < -0.3 is 20.3 Å². The molecular weight excluding hydrogens is 352 g/mol. The lowest BCUT2D eigenvalue weighted by Crippen LogP contribution is -2.37. The van der Waals surface area contributed by atoms with Crippen LogP contribution in [0.3, 0.4) is 0 Å². The van der Waals surface area contributed by atoms with Crippen LogP contribution in [-0.2, 0) is 11.3 Å². The number of nitrogens with zero attached hydrogens (tertiary/aromatic N) is 2. The summed E-state index contributed by atoms with van der Waals surface area (Å²) in [6.07, 6.45) is 7.11. The summed E-state index contributed by atoms with van der Waals surface area (Å²) in [5, 5.41) is 6.63. The molecule has 2 fully saturated rings. The van der Waals surface area contributed by atoms with E-state index in [1.807, 2.05) is 29.2 Å². The van der Waals surface area contributed by atoms with Crippen molar-refractivity contribution in [1.82, 2.24) is 15.5 Å². The first-order valence-electron chi connectivity index (χ1n) is 10.7. The van der Waals surface area contributed by atoms with E-state index >= 15 is 0 Å². The number of likely N-dealkylation sites (tertiary alicyclic amines) is 1. The molecule has 2 N–H and O–H groups in total. The standard InChI is InChI=1S/C22H34N4O2/c1-23-22(24-12-5-15-28-17-19-6-7-19)25-16-18-8-10-20(11-9-18)21(27)26-13-3-2-4-14-26/h8-11,19H,2-7,12-17H2,1H3,(H2,23,24,25). The fourth-order valence-corrected chi connectivity index (χ4v) is 3.37. The molecule has 2 aliphatic rings. The van der Waals surface area contributed by atoms with E-state index in [4.69, 9.17) is 4.74 Å². The summed E-state index contributed by atoms with van der Waals surface area (Å²) in [5.74, 6) is 1.76. The van der Waals surface area contributed by atoms with Gasteiger partial charge in [0.15, 0.2) is 5.96 Å². The van der Waals surface area contributed by atoms with Gasteiger partial charge in [-0.3, -0.25) is 9.79 Å². The molecular formula is C22H34N4O2. The van der Waals surface area contributed by atoms with Gasteiger partial charge in [-0.2, -0.15) is 0 Å². The van der Waals surface area contributed by atoms with E-state index in [0.29, 0.717) is 6.54 Å². The molecule has 3 rings (SSSR count). The monoisotopic (exact) mass is 386 g/mol. The highest BCUT2D eigenvalue weighted by Gasteiger charge is 2.20. The maximum Gasteiger partial charge on any atom is 0.253 e. The second kappa shape index (κ2) is 11.1. The molecule has 0 aromatic heterocycles. The van der Waals surface area contributed by atoms with Crippen molar-refractivity contribution in [3.63, 3.8) is 0 Å². The fraction of sp³-hybridized carbons (Fsp3) is 0.636. The molecule has 1 saturated heterocycles. The van der Waals surface area contributed by atoms with Crippen LogP contribution >= 0.6 is 0 Å². The summed E-state index contributed by atoms with van der Waals surface area (Å²) >= 11 is 0. The Kier molecular flexibility index (Phi) is 8.15. The minimum atomic E-state index is 0.153. The largest absolute Gasteiger partial charge is 0.381 e. The van der Waals surface area contributed by atoms with E-state index in [1.165, 1.54) is 19.3 Å². The topological polar surface area (TPSA) is 66.0 Å². The van der Waals surface area contributed by atoms with Crippen molar-refractivity contribution < 1.29 is 9.53 Å². The lowest BCUT2D eigenvalue weighted by molar-refractivity contribution is 0.0724. The van der Waals surface area contributed by atoms with Crippen LogP contribution in [0.25, 0.3) is 0 Å². The number of hydrogen-bond acceptors (Lipinski definition) is 3. The third kappa shape index (κ3) is 6.82. The maximum absolute atomic E-state index is 12.5. The molecule has 6 heteroatoms. The highest BCUT2D eigenvalue weighted by Crippen LogP contribution is 2.28. The third-order valence-electron chi connectivity index (χ3n) is 5.34. The third-order valence-corrected chi connectivity index (χ3v) is 5.34. The fourth-order valence-electron chi connectivity index (χ4n) is 3.37. The Morgan fingerprint density at radius 2 is 1.89 bits per heavy atom. The van der Waals surface area contributed by atoms with Crippen LogP contribution < -0.4 is 10.6 Å². The van der Waals surface area contributed by atoms with E-state index in [2.05, 4.69) is 15.6 Å². The van der Waals surface area contributed by atoms with Crippen molar-refractivity contribution in [1.29, 1.82) is 0 Å². The Bertz CT molecular complexity index is 634. The van der Waals surface area contributed by atoms with Crippen molar-refractivity contribution in [3.8, 4) is 0 Å². The van der Waals surface area contributed by atoms with Crippen LogP contribution in [-0.4, -0.2) is 56.7 Å². The lowest BCUT2D eigenvalue weighted by atomic mass is 10.1. The van der Waals surface area contributed by atoms with Crippen molar-refractivity contribution in [2.75, 3.05) is 39.9 Å². The molecule has 1 heterocycles. The average molecular weight is 387 g/mol. The molecule has 1 aliphatic heterocycles. The number of amides is 1. The first-order chi connectivity index (χ1) is 13.8. The number of carbonyl (C=O) groups is 1. The Hall–Kier alpha value is -2.08. The number of piperidine rings is 1. The second-order valence-electron chi connectivity index (χ2n) is 7.77. The summed E-state index contributed by atoms with van der Waals surface area (Å²) in [7, 11) is 1.78. The number of carbonyl (C=O) groups excluding carboxylic acids is 1. The van der Waals surface area contributed by atoms with Gasteiger partial charge in [0.25, 0.3) is 5.91 Å². The molecule has 1 aromatic rings. The Morgan fingerprint density at radius 1 is 1.14 bits per heavy atom. The Morgan fingerprint density at radius 3 is 2.57 bits per heavy atom. The first-order valence-corrected chi connectivity index (χ1v) is 10.7. The zero-order valence-electron chi connectivity index (χ0n) is 17.1. The molecule has 154 valence electrons. The minimum Gasteiger partial charge on any atom is -0.381 e. The van der Waals surface area contributed by atoms with E-state index in [9.17, 15) is 4.79 Å². The zero-order chi connectivity index (χ0) is 19.6. The molecule has 0 radical (unpaired) electrons. The van der Waals surface area contributed by atoms with Gasteiger partial charge in [0.1, 0.15) is 0 Å². The molecule has 0 unspecified atom stereocenters. The lowest BCUT2D eigenvalue weighted by Gasteiger charge is -2.26. The molecule has 6 nitrogen and oxygen atoms in total. The molecule has 28 heavy (non-hydrogen) atoms. The number of aliphatic imine (C=N–C) groups is 1. The van der Waals surface area contributed by atoms with Gasteiger partial charge in [-0.15, -0.1) is 0 Å². The summed E-state index contributed by atoms with van der Waals surface area (Å²) < 4.78 is 5.65. The SMILES string of the molecule is CN=C(NCCCOCC1CC1)NCc1ccc(C(=O)N2CCCCC2)cc1. The number of nitrogens with one attached hydrogen (secondary N) is 2. The predicted molar refractivity (Wildman–Crippen MR) is 113 cm³/mol. The Balaban J connectivity index is 1.34. The van der Waals surface area contributed by atoms with Gasteiger partial charge >= 0.3 is 0 Å². The van der Waals surface area contributed by atoms with E-state index < -0.39 is 0 Å². The number of rotatable bonds is 9. The summed E-state index contributed by atoms with van der Waals surface area (Å²) in [4.78, 5) is 18.8. The quantitative estimate of drug-likeness (QED) is 0.389. The molecule has 0 spiro atoms. The van der Waals surface area contributed by atoms with Gasteiger partial charge in [0.2, 0.25) is 0 Å². The molecule has 1 aliphatic carbocycles. The molecule has 1 saturated carbocycles. The number of ether oxygens (including phenoxy) is 1. The Labute approximate surface area is 168 Å². The summed E-state index contributed by atoms with van der Waals surface area (Å²) in [6, 6.07) is 7.90. The smallest absolute Gasteiger partial charge is 0.253 e. The average Bonchev–Trinajstić information content (AvgIpc) is 3.57. The molecule has 0 bridgehead atoms. The molecule has 0 atom stereocenters. The van der Waals surface area contributed by atoms with Gasteiger partial charge in [-0.1, -0.05) is 12.1 Å². The van der Waals surface area contributed by atoms with Gasteiger partial charge in [-0.05, 0) is 62.1 Å². The van der Waals surface area contributed by atoms with E-state index in [1.54, 1.807) is 7.05 Å². The number of hydrogen-bond donors (Lipinski definition) is 2. The van der Waals surface area contributed by atoms with Gasteiger partial charge in [0, 0.05) is 52.0 Å².